The van der Waals surface area contributed by atoms with Gasteiger partial charge in [-0.15, -0.1) is 0 Å². The highest BCUT2D eigenvalue weighted by atomic mass is 32.2. The highest BCUT2D eigenvalue weighted by molar-refractivity contribution is 7.97. The van der Waals surface area contributed by atoms with Crippen LogP contribution < -0.4 is 9.47 Å². The van der Waals surface area contributed by atoms with E-state index in [0.717, 1.165) is 21.3 Å². The standard InChI is InChI=1S/C21H21O2S.C6H6O3S/c1-16-12-14-17(15-13-16)24(20-10-6-4-8-18(20)22-2)21-11-7-5-9-19(21)23-3;7-10(8,9)6-4-2-1-3-5-6/h4-15H,1-3H3;1-5H,(H,7,8,9)/q+1;/p-1. The molecule has 34 heavy (non-hydrogen) atoms. The first-order chi connectivity index (χ1) is 16.3. The average molecular weight is 495 g/mol. The van der Waals surface area contributed by atoms with E-state index in [4.69, 9.17) is 9.47 Å². The molecule has 0 aromatic heterocycles. The summed E-state index contributed by atoms with van der Waals surface area (Å²) < 4.78 is 42.1. The van der Waals surface area contributed by atoms with Crippen molar-refractivity contribution < 1.29 is 22.4 Å². The second-order valence-electron chi connectivity index (χ2n) is 7.19. The molecule has 4 aromatic carbocycles. The Morgan fingerprint density at radius 1 is 0.647 bits per heavy atom. The van der Waals surface area contributed by atoms with Crippen molar-refractivity contribution in [1.29, 1.82) is 0 Å². The first-order valence-electron chi connectivity index (χ1n) is 10.4. The Balaban J connectivity index is 0.000000271. The second-order valence-corrected chi connectivity index (χ2v) is 10.5. The second kappa shape index (κ2) is 11.7. The number of rotatable bonds is 6. The molecule has 0 saturated carbocycles. The van der Waals surface area contributed by atoms with Crippen molar-refractivity contribution in [3.8, 4) is 11.5 Å². The summed E-state index contributed by atoms with van der Waals surface area (Å²) in [5, 5.41) is 0. The predicted octanol–water partition coefficient (Wildman–Crippen LogP) is 5.70. The summed E-state index contributed by atoms with van der Waals surface area (Å²) in [5.74, 6) is 1.79. The molecule has 0 aliphatic rings. The molecule has 0 spiro atoms. The summed E-state index contributed by atoms with van der Waals surface area (Å²) in [6.45, 7) is 2.11. The molecule has 0 saturated heterocycles. The Morgan fingerprint density at radius 3 is 1.50 bits per heavy atom. The summed E-state index contributed by atoms with van der Waals surface area (Å²) in [6, 6.07) is 32.3. The van der Waals surface area contributed by atoms with Crippen molar-refractivity contribution in [3.63, 3.8) is 0 Å². The van der Waals surface area contributed by atoms with Crippen LogP contribution in [0.4, 0.5) is 0 Å². The fourth-order valence-electron chi connectivity index (χ4n) is 3.21. The third-order valence-corrected chi connectivity index (χ3v) is 8.01. The van der Waals surface area contributed by atoms with Gasteiger partial charge in [0.05, 0.1) is 19.1 Å². The van der Waals surface area contributed by atoms with E-state index >= 15 is 0 Å². The molecule has 0 aliphatic carbocycles. The molecule has 0 atom stereocenters. The summed E-state index contributed by atoms with van der Waals surface area (Å²) in [4.78, 5) is 3.38. The molecule has 0 radical (unpaired) electrons. The molecular formula is C27H26O5S2. The lowest BCUT2D eigenvalue weighted by Gasteiger charge is -2.13. The van der Waals surface area contributed by atoms with Crippen LogP contribution in [0.3, 0.4) is 0 Å². The van der Waals surface area contributed by atoms with E-state index in [-0.39, 0.29) is 15.8 Å². The number of benzene rings is 4. The molecule has 0 fully saturated rings. The maximum Gasteiger partial charge on any atom is 0.208 e. The number of hydrogen-bond donors (Lipinski definition) is 0. The molecule has 0 bridgehead atoms. The summed E-state index contributed by atoms with van der Waals surface area (Å²) in [5.41, 5.74) is 1.25. The quantitative estimate of drug-likeness (QED) is 0.254. The first-order valence-corrected chi connectivity index (χ1v) is 13.1. The van der Waals surface area contributed by atoms with Gasteiger partial charge in [-0.3, -0.25) is 0 Å². The van der Waals surface area contributed by atoms with E-state index < -0.39 is 10.1 Å². The lowest BCUT2D eigenvalue weighted by atomic mass is 10.2. The third-order valence-electron chi connectivity index (χ3n) is 4.87. The first kappa shape index (κ1) is 25.4. The van der Waals surface area contributed by atoms with Crippen LogP contribution in [0.2, 0.25) is 0 Å². The maximum absolute atomic E-state index is 10.3. The molecule has 4 aromatic rings. The molecule has 176 valence electrons. The normalized spacial score (nSPS) is 10.9. The van der Waals surface area contributed by atoms with Crippen LogP contribution >= 0.6 is 0 Å². The minimum absolute atomic E-state index is 0.185. The third kappa shape index (κ3) is 6.41. The van der Waals surface area contributed by atoms with Crippen molar-refractivity contribution in [2.24, 2.45) is 0 Å². The van der Waals surface area contributed by atoms with Gasteiger partial charge < -0.3 is 14.0 Å². The Bertz CT molecular complexity index is 1260. The summed E-state index contributed by atoms with van der Waals surface area (Å²) >= 11 is 0. The van der Waals surface area contributed by atoms with Gasteiger partial charge in [-0.2, -0.15) is 0 Å². The highest BCUT2D eigenvalue weighted by Gasteiger charge is 2.34. The monoisotopic (exact) mass is 494 g/mol. The zero-order valence-electron chi connectivity index (χ0n) is 19.2. The van der Waals surface area contributed by atoms with Crippen molar-refractivity contribution in [2.45, 2.75) is 26.5 Å². The lowest BCUT2D eigenvalue weighted by molar-refractivity contribution is 0.402. The van der Waals surface area contributed by atoms with E-state index in [1.54, 1.807) is 20.3 Å². The Morgan fingerprint density at radius 2 is 1.09 bits per heavy atom. The molecule has 0 aliphatic heterocycles. The van der Waals surface area contributed by atoms with Crippen LogP contribution in [-0.4, -0.2) is 27.2 Å². The molecule has 0 unspecified atom stereocenters. The number of ether oxygens (including phenoxy) is 2. The minimum atomic E-state index is -4.25. The number of para-hydroxylation sites is 2. The smallest absolute Gasteiger partial charge is 0.208 e. The molecule has 7 heteroatoms. The van der Waals surface area contributed by atoms with Gasteiger partial charge in [0.15, 0.2) is 16.4 Å². The van der Waals surface area contributed by atoms with E-state index in [0.29, 0.717) is 0 Å². The highest BCUT2D eigenvalue weighted by Crippen LogP contribution is 2.40. The topological polar surface area (TPSA) is 75.7 Å². The van der Waals surface area contributed by atoms with Gasteiger partial charge in [-0.25, -0.2) is 8.42 Å². The van der Waals surface area contributed by atoms with E-state index in [1.165, 1.54) is 34.7 Å². The minimum Gasteiger partial charge on any atom is -0.744 e. The number of aryl methyl sites for hydroxylation is 1. The zero-order valence-corrected chi connectivity index (χ0v) is 20.8. The van der Waals surface area contributed by atoms with Crippen LogP contribution in [0.5, 0.6) is 11.5 Å². The van der Waals surface area contributed by atoms with Crippen molar-refractivity contribution in [2.75, 3.05) is 14.2 Å². The average Bonchev–Trinajstić information content (AvgIpc) is 2.86. The van der Waals surface area contributed by atoms with Crippen LogP contribution in [0, 0.1) is 6.92 Å². The molecule has 0 heterocycles. The molecule has 4 rings (SSSR count). The Labute approximate surface area is 204 Å². The van der Waals surface area contributed by atoms with Crippen molar-refractivity contribution in [1.82, 2.24) is 0 Å². The van der Waals surface area contributed by atoms with Gasteiger partial charge in [0, 0.05) is 0 Å². The SMILES string of the molecule is COc1ccccc1[S+](c1ccc(C)cc1)c1ccccc1OC.O=S(=O)([O-])c1ccccc1. The Kier molecular flexibility index (Phi) is 8.76. The van der Waals surface area contributed by atoms with Gasteiger partial charge in [0.25, 0.3) is 0 Å². The van der Waals surface area contributed by atoms with Gasteiger partial charge in [0.1, 0.15) is 21.0 Å². The largest absolute Gasteiger partial charge is 0.744 e. The van der Waals surface area contributed by atoms with Crippen LogP contribution in [0.15, 0.2) is 123 Å². The van der Waals surface area contributed by atoms with Crippen molar-refractivity contribution in [3.05, 3.63) is 109 Å². The van der Waals surface area contributed by atoms with Gasteiger partial charge >= 0.3 is 0 Å². The van der Waals surface area contributed by atoms with Crippen LogP contribution in [0.25, 0.3) is 0 Å². The summed E-state index contributed by atoms with van der Waals surface area (Å²) in [6.07, 6.45) is 0. The number of methoxy groups -OCH3 is 2. The Hall–Kier alpha value is -3.26. The van der Waals surface area contributed by atoms with E-state index in [1.807, 2.05) is 24.3 Å². The zero-order chi connectivity index (χ0) is 24.6. The summed E-state index contributed by atoms with van der Waals surface area (Å²) in [7, 11) is -1.11. The lowest BCUT2D eigenvalue weighted by Crippen LogP contribution is -2.08. The maximum atomic E-state index is 10.3. The fraction of sp³-hybridized carbons (Fsp3) is 0.111. The molecule has 0 N–H and O–H groups in total. The molecule has 0 amide bonds. The number of hydrogen-bond acceptors (Lipinski definition) is 5. The van der Waals surface area contributed by atoms with Gasteiger partial charge in [0.2, 0.25) is 9.79 Å². The molecule has 5 nitrogen and oxygen atoms in total. The molecular weight excluding hydrogens is 468 g/mol. The fourth-order valence-corrected chi connectivity index (χ4v) is 5.99. The van der Waals surface area contributed by atoms with Crippen molar-refractivity contribution >= 4 is 21.0 Å². The van der Waals surface area contributed by atoms with Crippen LogP contribution in [-0.2, 0) is 21.0 Å². The van der Waals surface area contributed by atoms with E-state index in [9.17, 15) is 13.0 Å². The van der Waals surface area contributed by atoms with Gasteiger partial charge in [-0.05, 0) is 55.5 Å². The van der Waals surface area contributed by atoms with Crippen LogP contribution in [0.1, 0.15) is 5.56 Å². The predicted molar refractivity (Wildman–Crippen MR) is 134 cm³/mol. The van der Waals surface area contributed by atoms with Gasteiger partial charge in [-0.1, -0.05) is 60.2 Å². The van der Waals surface area contributed by atoms with E-state index in [2.05, 4.69) is 55.5 Å².